The normalized spacial score (nSPS) is 22.5. The maximum Gasteiger partial charge on any atom is 0.131 e. The van der Waals surface area contributed by atoms with Crippen LogP contribution in [0, 0.1) is 30.3 Å². The summed E-state index contributed by atoms with van der Waals surface area (Å²) in [5, 5.41) is 0. The molecule has 1 heterocycles. The smallest absolute Gasteiger partial charge is 0.131 e. The van der Waals surface area contributed by atoms with Crippen molar-refractivity contribution in [1.82, 2.24) is 0 Å². The van der Waals surface area contributed by atoms with Crippen LogP contribution in [0.4, 0.5) is 13.2 Å². The Hall–Kier alpha value is -2.11. The number of halogens is 3. The summed E-state index contributed by atoms with van der Waals surface area (Å²) in [4.78, 5) is 0. The molecule has 3 atom stereocenters. The fourth-order valence-corrected chi connectivity index (χ4v) is 5.41. The van der Waals surface area contributed by atoms with E-state index in [0.29, 0.717) is 12.5 Å². The fraction of sp³-hybridized carbons (Fsp3) is 0.548. The minimum atomic E-state index is -0.667. The van der Waals surface area contributed by atoms with Crippen LogP contribution in [-0.4, -0.2) is 25.4 Å². The summed E-state index contributed by atoms with van der Waals surface area (Å²) in [7, 11) is 0. The lowest BCUT2D eigenvalue weighted by molar-refractivity contribution is -0.104. The second-order valence-corrected chi connectivity index (χ2v) is 10.4. The zero-order valence-corrected chi connectivity index (χ0v) is 21.6. The van der Waals surface area contributed by atoms with Gasteiger partial charge in [0.15, 0.2) is 0 Å². The highest BCUT2D eigenvalue weighted by molar-refractivity contribution is 5.71. The van der Waals surface area contributed by atoms with Gasteiger partial charge in [0.2, 0.25) is 0 Å². The van der Waals surface area contributed by atoms with Crippen molar-refractivity contribution in [3.8, 4) is 11.1 Å². The molecular weight excluding hydrogens is 461 g/mol. The van der Waals surface area contributed by atoms with E-state index in [4.69, 9.17) is 9.47 Å². The maximum absolute atomic E-state index is 14.9. The van der Waals surface area contributed by atoms with Crippen LogP contribution in [0.1, 0.15) is 82.3 Å². The van der Waals surface area contributed by atoms with Crippen LogP contribution in [0.5, 0.6) is 0 Å². The van der Waals surface area contributed by atoms with E-state index in [0.717, 1.165) is 56.3 Å². The van der Waals surface area contributed by atoms with Crippen molar-refractivity contribution in [3.63, 3.8) is 0 Å². The molecule has 1 fully saturated rings. The number of hydrogen-bond acceptors (Lipinski definition) is 2. The van der Waals surface area contributed by atoms with Gasteiger partial charge in [-0.2, -0.15) is 0 Å². The van der Waals surface area contributed by atoms with Gasteiger partial charge in [-0.3, -0.25) is 0 Å². The number of benzene rings is 2. The highest BCUT2D eigenvalue weighted by Crippen LogP contribution is 2.37. The molecule has 0 saturated carbocycles. The summed E-state index contributed by atoms with van der Waals surface area (Å²) in [6.45, 7) is 5.12. The van der Waals surface area contributed by atoms with E-state index in [2.05, 4.69) is 13.0 Å². The third-order valence-electron chi connectivity index (χ3n) is 7.78. The van der Waals surface area contributed by atoms with Crippen LogP contribution in [0.25, 0.3) is 16.7 Å². The van der Waals surface area contributed by atoms with Crippen molar-refractivity contribution in [2.24, 2.45) is 5.92 Å². The first-order valence-corrected chi connectivity index (χ1v) is 13.6. The monoisotopic (exact) mass is 500 g/mol. The standard InChI is InChI=1S/C31H39F3O2/c1-3-4-5-6-7-16-35-26-13-15-31(36-20-26)23-10-8-22(9-11-23)24-12-14-27(30(34)17-24)25-18-28(32)21(2)29(33)19-25/h8,12,14,17-19,23,26,31H,3-7,9-11,13,15-16,20H2,1-2H3. The van der Waals surface area contributed by atoms with E-state index < -0.39 is 17.5 Å². The molecule has 2 aromatic carbocycles. The first kappa shape index (κ1) is 26.9. The van der Waals surface area contributed by atoms with Gasteiger partial charge in [0, 0.05) is 17.7 Å². The van der Waals surface area contributed by atoms with Gasteiger partial charge in [0.05, 0.1) is 18.8 Å². The topological polar surface area (TPSA) is 18.5 Å². The first-order valence-electron chi connectivity index (χ1n) is 13.6. The van der Waals surface area contributed by atoms with Gasteiger partial charge < -0.3 is 9.47 Å². The minimum absolute atomic E-state index is 0.0551. The molecule has 1 aliphatic heterocycles. The van der Waals surface area contributed by atoms with Crippen molar-refractivity contribution in [1.29, 1.82) is 0 Å². The van der Waals surface area contributed by atoms with Crippen LogP contribution in [-0.2, 0) is 9.47 Å². The summed E-state index contributed by atoms with van der Waals surface area (Å²) in [5.41, 5.74) is 2.32. The van der Waals surface area contributed by atoms with Gasteiger partial charge in [-0.15, -0.1) is 0 Å². The molecule has 1 aliphatic carbocycles. The highest BCUT2D eigenvalue weighted by atomic mass is 19.1. The second-order valence-electron chi connectivity index (χ2n) is 10.4. The molecule has 3 unspecified atom stereocenters. The molecule has 4 rings (SSSR count). The molecule has 2 aliphatic rings. The lowest BCUT2D eigenvalue weighted by Crippen LogP contribution is -2.36. The van der Waals surface area contributed by atoms with Crippen molar-refractivity contribution in [2.75, 3.05) is 13.2 Å². The molecule has 0 amide bonds. The number of allylic oxidation sites excluding steroid dienone is 2. The third-order valence-corrected chi connectivity index (χ3v) is 7.78. The Morgan fingerprint density at radius 3 is 2.28 bits per heavy atom. The number of hydrogen-bond donors (Lipinski definition) is 0. The lowest BCUT2D eigenvalue weighted by Gasteiger charge is -2.35. The Morgan fingerprint density at radius 2 is 1.64 bits per heavy atom. The van der Waals surface area contributed by atoms with Crippen molar-refractivity contribution < 1.29 is 22.6 Å². The predicted molar refractivity (Wildman–Crippen MR) is 139 cm³/mol. The fourth-order valence-electron chi connectivity index (χ4n) is 5.41. The van der Waals surface area contributed by atoms with E-state index in [1.165, 1.54) is 50.8 Å². The van der Waals surface area contributed by atoms with Crippen LogP contribution >= 0.6 is 0 Å². The van der Waals surface area contributed by atoms with E-state index >= 15 is 0 Å². The van der Waals surface area contributed by atoms with Crippen molar-refractivity contribution in [2.45, 2.75) is 90.3 Å². The molecule has 5 heteroatoms. The Morgan fingerprint density at radius 1 is 0.889 bits per heavy atom. The quantitative estimate of drug-likeness (QED) is 0.304. The van der Waals surface area contributed by atoms with Gasteiger partial charge in [-0.05, 0) is 86.3 Å². The predicted octanol–water partition coefficient (Wildman–Crippen LogP) is 8.80. The average molecular weight is 501 g/mol. The number of ether oxygens (including phenoxy) is 2. The molecule has 2 aromatic rings. The first-order chi connectivity index (χ1) is 17.5. The molecular formula is C31H39F3O2. The molecule has 196 valence electrons. The summed E-state index contributed by atoms with van der Waals surface area (Å²) < 4.78 is 55.1. The van der Waals surface area contributed by atoms with E-state index in [1.807, 2.05) is 6.07 Å². The second kappa shape index (κ2) is 12.9. The van der Waals surface area contributed by atoms with Gasteiger partial charge in [-0.1, -0.05) is 50.8 Å². The SMILES string of the molecule is CCCCCCCOC1CCC(C2CC=C(c3ccc(-c4cc(F)c(C)c(F)c4)c(F)c3)CC2)OC1. The van der Waals surface area contributed by atoms with Crippen LogP contribution < -0.4 is 0 Å². The molecule has 0 radical (unpaired) electrons. The maximum atomic E-state index is 14.9. The van der Waals surface area contributed by atoms with Crippen molar-refractivity contribution in [3.05, 3.63) is 65.0 Å². The van der Waals surface area contributed by atoms with Crippen LogP contribution in [0.2, 0.25) is 0 Å². The summed E-state index contributed by atoms with van der Waals surface area (Å²) in [5.74, 6) is -1.32. The van der Waals surface area contributed by atoms with E-state index in [1.54, 1.807) is 6.07 Å². The Kier molecular flexibility index (Phi) is 9.66. The third kappa shape index (κ3) is 6.80. The largest absolute Gasteiger partial charge is 0.376 e. The van der Waals surface area contributed by atoms with Crippen molar-refractivity contribution >= 4 is 5.57 Å². The molecule has 0 bridgehead atoms. The molecule has 0 spiro atoms. The van der Waals surface area contributed by atoms with Gasteiger partial charge in [0.25, 0.3) is 0 Å². The molecule has 1 saturated heterocycles. The lowest BCUT2D eigenvalue weighted by atomic mass is 9.81. The highest BCUT2D eigenvalue weighted by Gasteiger charge is 2.30. The van der Waals surface area contributed by atoms with Gasteiger partial charge in [-0.25, -0.2) is 13.2 Å². The van der Waals surface area contributed by atoms with E-state index in [-0.39, 0.29) is 28.9 Å². The van der Waals surface area contributed by atoms with Crippen LogP contribution in [0.3, 0.4) is 0 Å². The summed E-state index contributed by atoms with van der Waals surface area (Å²) >= 11 is 0. The molecule has 0 aromatic heterocycles. The summed E-state index contributed by atoms with van der Waals surface area (Å²) in [6, 6.07) is 7.33. The average Bonchev–Trinajstić information content (AvgIpc) is 2.89. The Labute approximate surface area is 213 Å². The van der Waals surface area contributed by atoms with E-state index in [9.17, 15) is 13.2 Å². The minimum Gasteiger partial charge on any atom is -0.376 e. The zero-order valence-electron chi connectivity index (χ0n) is 21.6. The zero-order chi connectivity index (χ0) is 25.5. The Balaban J connectivity index is 1.27. The van der Waals surface area contributed by atoms with Gasteiger partial charge in [0.1, 0.15) is 17.5 Å². The Bertz CT molecular complexity index is 1020. The number of rotatable bonds is 10. The van der Waals surface area contributed by atoms with Gasteiger partial charge >= 0.3 is 0 Å². The van der Waals surface area contributed by atoms with Crippen LogP contribution in [0.15, 0.2) is 36.4 Å². The molecule has 2 nitrogen and oxygen atoms in total. The summed E-state index contributed by atoms with van der Waals surface area (Å²) in [6.07, 6.45) is 13.8. The molecule has 36 heavy (non-hydrogen) atoms. The number of unbranched alkanes of at least 4 members (excludes halogenated alkanes) is 4. The molecule has 0 N–H and O–H groups in total.